The molecule has 0 aliphatic carbocycles. The van der Waals surface area contributed by atoms with Gasteiger partial charge in [-0.3, -0.25) is 9.59 Å². The third-order valence-corrected chi connectivity index (χ3v) is 1.99. The predicted molar refractivity (Wildman–Crippen MR) is 49.3 cm³/mol. The van der Waals surface area contributed by atoms with Crippen molar-refractivity contribution in [2.75, 3.05) is 7.05 Å². The van der Waals surface area contributed by atoms with Crippen LogP contribution in [-0.2, 0) is 9.59 Å². The molecule has 0 radical (unpaired) electrons. The second-order valence-electron chi connectivity index (χ2n) is 3.04. The zero-order chi connectivity index (χ0) is 10.3. The summed E-state index contributed by atoms with van der Waals surface area (Å²) in [6.07, 6.45) is 2.22. The molecule has 1 atom stereocenters. The number of aliphatic carboxylic acids is 1. The molecular weight excluding hydrogens is 170 g/mol. The number of rotatable bonds is 6. The number of carboxylic acids is 1. The summed E-state index contributed by atoms with van der Waals surface area (Å²) in [5, 5.41) is 11.2. The molecule has 0 rings (SSSR count). The SMILES string of the molecule is CCCC(CCC(=O)NC)C(=O)O. The molecule has 4 nitrogen and oxygen atoms in total. The zero-order valence-electron chi connectivity index (χ0n) is 8.17. The van der Waals surface area contributed by atoms with Crippen LogP contribution in [0.5, 0.6) is 0 Å². The van der Waals surface area contributed by atoms with Gasteiger partial charge < -0.3 is 10.4 Å². The standard InChI is InChI=1S/C9H17NO3/c1-3-4-7(9(12)13)5-6-8(11)10-2/h7H,3-6H2,1-2H3,(H,10,11)(H,12,13). The smallest absolute Gasteiger partial charge is 0.306 e. The number of hydrogen-bond acceptors (Lipinski definition) is 2. The summed E-state index contributed by atoms with van der Waals surface area (Å²) in [6, 6.07) is 0. The van der Waals surface area contributed by atoms with Crippen molar-refractivity contribution in [3.05, 3.63) is 0 Å². The highest BCUT2D eigenvalue weighted by molar-refractivity contribution is 5.76. The van der Waals surface area contributed by atoms with Gasteiger partial charge in [0.2, 0.25) is 5.91 Å². The third kappa shape index (κ3) is 5.22. The van der Waals surface area contributed by atoms with Crippen molar-refractivity contribution < 1.29 is 14.7 Å². The van der Waals surface area contributed by atoms with E-state index in [9.17, 15) is 9.59 Å². The lowest BCUT2D eigenvalue weighted by Gasteiger charge is -2.09. The van der Waals surface area contributed by atoms with Gasteiger partial charge in [-0.05, 0) is 12.8 Å². The molecule has 0 aromatic heterocycles. The highest BCUT2D eigenvalue weighted by Gasteiger charge is 2.16. The molecule has 1 unspecified atom stereocenters. The Morgan fingerprint density at radius 3 is 2.38 bits per heavy atom. The fourth-order valence-electron chi connectivity index (χ4n) is 1.17. The average molecular weight is 187 g/mol. The molecule has 0 saturated heterocycles. The minimum absolute atomic E-state index is 0.0950. The third-order valence-electron chi connectivity index (χ3n) is 1.99. The van der Waals surface area contributed by atoms with Crippen molar-refractivity contribution in [1.29, 1.82) is 0 Å². The Labute approximate surface area is 78.3 Å². The second-order valence-corrected chi connectivity index (χ2v) is 3.04. The molecule has 76 valence electrons. The van der Waals surface area contributed by atoms with Crippen molar-refractivity contribution >= 4 is 11.9 Å². The van der Waals surface area contributed by atoms with Crippen LogP contribution < -0.4 is 5.32 Å². The maximum Gasteiger partial charge on any atom is 0.306 e. The van der Waals surface area contributed by atoms with E-state index < -0.39 is 5.97 Å². The van der Waals surface area contributed by atoms with Crippen LogP contribution in [0.4, 0.5) is 0 Å². The minimum atomic E-state index is -0.800. The van der Waals surface area contributed by atoms with Crippen molar-refractivity contribution in [1.82, 2.24) is 5.32 Å². The molecular formula is C9H17NO3. The van der Waals surface area contributed by atoms with E-state index in [0.29, 0.717) is 19.3 Å². The monoisotopic (exact) mass is 187 g/mol. The lowest BCUT2D eigenvalue weighted by Crippen LogP contribution is -2.21. The lowest BCUT2D eigenvalue weighted by molar-refractivity contribution is -0.142. The van der Waals surface area contributed by atoms with Crippen LogP contribution in [0.25, 0.3) is 0 Å². The number of hydrogen-bond donors (Lipinski definition) is 2. The molecule has 4 heteroatoms. The van der Waals surface area contributed by atoms with Crippen molar-refractivity contribution in [3.63, 3.8) is 0 Å². The van der Waals surface area contributed by atoms with E-state index in [1.807, 2.05) is 6.92 Å². The Morgan fingerprint density at radius 2 is 2.00 bits per heavy atom. The number of carboxylic acid groups (broad SMARTS) is 1. The van der Waals surface area contributed by atoms with Gasteiger partial charge in [0.15, 0.2) is 0 Å². The van der Waals surface area contributed by atoms with E-state index in [-0.39, 0.29) is 11.8 Å². The van der Waals surface area contributed by atoms with E-state index in [0.717, 1.165) is 6.42 Å². The topological polar surface area (TPSA) is 66.4 Å². The van der Waals surface area contributed by atoms with Crippen LogP contribution in [0, 0.1) is 5.92 Å². The fourth-order valence-corrected chi connectivity index (χ4v) is 1.17. The molecule has 0 aliphatic rings. The van der Waals surface area contributed by atoms with Crippen LogP contribution in [0.3, 0.4) is 0 Å². The van der Waals surface area contributed by atoms with E-state index >= 15 is 0 Å². The van der Waals surface area contributed by atoms with E-state index in [2.05, 4.69) is 5.32 Å². The predicted octanol–water partition coefficient (Wildman–Crippen LogP) is 1.01. The minimum Gasteiger partial charge on any atom is -0.481 e. The Bertz CT molecular complexity index is 180. The maximum atomic E-state index is 10.8. The van der Waals surface area contributed by atoms with Gasteiger partial charge in [-0.1, -0.05) is 13.3 Å². The molecule has 1 amide bonds. The van der Waals surface area contributed by atoms with Gasteiger partial charge in [-0.25, -0.2) is 0 Å². The summed E-state index contributed by atoms with van der Waals surface area (Å²) in [4.78, 5) is 21.5. The van der Waals surface area contributed by atoms with Crippen LogP contribution in [0.1, 0.15) is 32.6 Å². The van der Waals surface area contributed by atoms with E-state index in [1.165, 1.54) is 0 Å². The summed E-state index contributed by atoms with van der Waals surface area (Å²) in [7, 11) is 1.55. The molecule has 2 N–H and O–H groups in total. The average Bonchev–Trinajstić information content (AvgIpc) is 2.11. The van der Waals surface area contributed by atoms with Crippen molar-refractivity contribution in [3.8, 4) is 0 Å². The quantitative estimate of drug-likeness (QED) is 0.652. The first-order valence-corrected chi connectivity index (χ1v) is 4.55. The van der Waals surface area contributed by atoms with Gasteiger partial charge in [-0.2, -0.15) is 0 Å². The molecule has 0 fully saturated rings. The molecule has 0 aliphatic heterocycles. The number of carbonyl (C=O) groups is 2. The normalized spacial score (nSPS) is 12.2. The van der Waals surface area contributed by atoms with Gasteiger partial charge >= 0.3 is 5.97 Å². The Hall–Kier alpha value is -1.06. The first-order valence-electron chi connectivity index (χ1n) is 4.55. The molecule has 0 heterocycles. The van der Waals surface area contributed by atoms with Crippen molar-refractivity contribution in [2.45, 2.75) is 32.6 Å². The van der Waals surface area contributed by atoms with Gasteiger partial charge in [-0.15, -0.1) is 0 Å². The lowest BCUT2D eigenvalue weighted by atomic mass is 9.98. The molecule has 0 aromatic rings. The Balaban J connectivity index is 3.82. The van der Waals surface area contributed by atoms with Gasteiger partial charge in [0.1, 0.15) is 0 Å². The Kier molecular flexibility index (Phi) is 5.93. The van der Waals surface area contributed by atoms with Gasteiger partial charge in [0.25, 0.3) is 0 Å². The summed E-state index contributed by atoms with van der Waals surface area (Å²) < 4.78 is 0. The summed E-state index contributed by atoms with van der Waals surface area (Å²) in [6.45, 7) is 1.94. The molecule has 0 bridgehead atoms. The molecule has 0 spiro atoms. The number of amides is 1. The number of nitrogens with one attached hydrogen (secondary N) is 1. The fraction of sp³-hybridized carbons (Fsp3) is 0.778. The van der Waals surface area contributed by atoms with Crippen LogP contribution in [0.15, 0.2) is 0 Å². The zero-order valence-corrected chi connectivity index (χ0v) is 8.17. The first kappa shape index (κ1) is 11.9. The first-order chi connectivity index (χ1) is 6.11. The van der Waals surface area contributed by atoms with E-state index in [1.54, 1.807) is 7.05 Å². The van der Waals surface area contributed by atoms with Gasteiger partial charge in [0, 0.05) is 13.5 Å². The number of carbonyl (C=O) groups excluding carboxylic acids is 1. The second kappa shape index (κ2) is 6.46. The maximum absolute atomic E-state index is 10.8. The summed E-state index contributed by atoms with van der Waals surface area (Å²) in [5.41, 5.74) is 0. The molecule has 13 heavy (non-hydrogen) atoms. The largest absolute Gasteiger partial charge is 0.481 e. The van der Waals surface area contributed by atoms with Gasteiger partial charge in [0.05, 0.1) is 5.92 Å². The van der Waals surface area contributed by atoms with Crippen LogP contribution in [0.2, 0.25) is 0 Å². The Morgan fingerprint density at radius 1 is 1.38 bits per heavy atom. The van der Waals surface area contributed by atoms with Crippen LogP contribution >= 0.6 is 0 Å². The summed E-state index contributed by atoms with van der Waals surface area (Å²) >= 11 is 0. The highest BCUT2D eigenvalue weighted by Crippen LogP contribution is 2.13. The van der Waals surface area contributed by atoms with Crippen molar-refractivity contribution in [2.24, 2.45) is 5.92 Å². The summed E-state index contributed by atoms with van der Waals surface area (Å²) in [5.74, 6) is -1.27. The highest BCUT2D eigenvalue weighted by atomic mass is 16.4. The molecule has 0 saturated carbocycles. The van der Waals surface area contributed by atoms with Crippen LogP contribution in [-0.4, -0.2) is 24.0 Å². The van der Waals surface area contributed by atoms with E-state index in [4.69, 9.17) is 5.11 Å². The molecule has 0 aromatic carbocycles.